The number of benzene rings is 1. The van der Waals surface area contributed by atoms with E-state index in [9.17, 15) is 9.90 Å². The second-order valence-corrected chi connectivity index (χ2v) is 3.78. The topological polar surface area (TPSA) is 49.7 Å². The Morgan fingerprint density at radius 3 is 2.79 bits per heavy atom. The van der Waals surface area contributed by atoms with E-state index in [-0.39, 0.29) is 10.8 Å². The van der Waals surface area contributed by atoms with E-state index in [1.807, 2.05) is 0 Å². The highest BCUT2D eigenvalue weighted by Gasteiger charge is 2.46. The zero-order valence-corrected chi connectivity index (χ0v) is 8.08. The second-order valence-electron chi connectivity index (χ2n) is 3.37. The fourth-order valence-corrected chi connectivity index (χ4v) is 1.71. The SMILES string of the molecule is O=C=NC1(c2cccc(Cl)c2O)CC1. The van der Waals surface area contributed by atoms with Gasteiger partial charge in [0.25, 0.3) is 0 Å². The molecule has 4 heteroatoms. The van der Waals surface area contributed by atoms with Gasteiger partial charge in [-0.2, -0.15) is 4.99 Å². The molecule has 1 saturated carbocycles. The minimum Gasteiger partial charge on any atom is -0.506 e. The van der Waals surface area contributed by atoms with Gasteiger partial charge in [0.15, 0.2) is 0 Å². The Hall–Kier alpha value is -1.31. The van der Waals surface area contributed by atoms with E-state index in [4.69, 9.17) is 11.6 Å². The normalized spacial score (nSPS) is 17.2. The second kappa shape index (κ2) is 3.12. The number of phenols is 1. The van der Waals surface area contributed by atoms with E-state index in [2.05, 4.69) is 4.99 Å². The maximum absolute atomic E-state index is 10.2. The van der Waals surface area contributed by atoms with Crippen LogP contribution in [0.5, 0.6) is 5.75 Å². The van der Waals surface area contributed by atoms with E-state index in [1.54, 1.807) is 18.2 Å². The molecule has 0 atom stereocenters. The molecule has 0 unspecified atom stereocenters. The molecule has 0 amide bonds. The van der Waals surface area contributed by atoms with Crippen LogP contribution in [0.2, 0.25) is 5.02 Å². The van der Waals surface area contributed by atoms with Gasteiger partial charge >= 0.3 is 0 Å². The standard InChI is InChI=1S/C10H8ClNO2/c11-8-3-1-2-7(9(8)14)10(4-5-10)12-6-13/h1-3,14H,4-5H2. The summed E-state index contributed by atoms with van der Waals surface area (Å²) in [7, 11) is 0. The summed E-state index contributed by atoms with van der Waals surface area (Å²) in [5, 5.41) is 9.96. The van der Waals surface area contributed by atoms with Crippen molar-refractivity contribution in [3.05, 3.63) is 28.8 Å². The third-order valence-corrected chi connectivity index (χ3v) is 2.78. The molecule has 0 radical (unpaired) electrons. The average molecular weight is 210 g/mol. The largest absolute Gasteiger partial charge is 0.506 e. The minimum atomic E-state index is -0.559. The van der Waals surface area contributed by atoms with Crippen LogP contribution in [0.15, 0.2) is 23.2 Å². The van der Waals surface area contributed by atoms with E-state index < -0.39 is 5.54 Å². The average Bonchev–Trinajstić information content (AvgIpc) is 2.91. The molecular formula is C10H8ClNO2. The first-order valence-electron chi connectivity index (χ1n) is 4.27. The summed E-state index contributed by atoms with van der Waals surface area (Å²) in [4.78, 5) is 13.9. The lowest BCUT2D eigenvalue weighted by Gasteiger charge is -2.10. The number of hydrogen-bond donors (Lipinski definition) is 1. The first kappa shape index (κ1) is 9.25. The van der Waals surface area contributed by atoms with Crippen LogP contribution in [0.3, 0.4) is 0 Å². The van der Waals surface area contributed by atoms with Crippen molar-refractivity contribution in [2.45, 2.75) is 18.4 Å². The lowest BCUT2D eigenvalue weighted by atomic mass is 10.0. The number of para-hydroxylation sites is 1. The molecule has 0 spiro atoms. The van der Waals surface area contributed by atoms with Gasteiger partial charge in [0, 0.05) is 5.56 Å². The van der Waals surface area contributed by atoms with Crippen LogP contribution in [0.1, 0.15) is 18.4 Å². The molecule has 14 heavy (non-hydrogen) atoms. The highest BCUT2D eigenvalue weighted by atomic mass is 35.5. The third kappa shape index (κ3) is 1.31. The Labute approximate surface area is 86.0 Å². The van der Waals surface area contributed by atoms with Crippen LogP contribution in [0.25, 0.3) is 0 Å². The first-order valence-corrected chi connectivity index (χ1v) is 4.64. The van der Waals surface area contributed by atoms with Crippen LogP contribution < -0.4 is 0 Å². The third-order valence-electron chi connectivity index (χ3n) is 2.47. The van der Waals surface area contributed by atoms with Gasteiger partial charge < -0.3 is 5.11 Å². The quantitative estimate of drug-likeness (QED) is 0.601. The fourth-order valence-electron chi connectivity index (χ4n) is 1.54. The molecule has 2 rings (SSSR count). The van der Waals surface area contributed by atoms with Crippen molar-refractivity contribution < 1.29 is 9.90 Å². The predicted octanol–water partition coefficient (Wildman–Crippen LogP) is 2.37. The molecule has 1 N–H and O–H groups in total. The summed E-state index contributed by atoms with van der Waals surface area (Å²) in [6.07, 6.45) is 3.06. The lowest BCUT2D eigenvalue weighted by Crippen LogP contribution is -2.02. The van der Waals surface area contributed by atoms with Crippen molar-refractivity contribution in [3.63, 3.8) is 0 Å². The van der Waals surface area contributed by atoms with E-state index in [1.165, 1.54) is 6.08 Å². The van der Waals surface area contributed by atoms with Gasteiger partial charge in [-0.25, -0.2) is 4.79 Å². The van der Waals surface area contributed by atoms with Crippen molar-refractivity contribution in [1.82, 2.24) is 0 Å². The summed E-state index contributed by atoms with van der Waals surface area (Å²) in [6, 6.07) is 5.06. The summed E-state index contributed by atoms with van der Waals surface area (Å²) in [5.41, 5.74) is 0.0600. The number of rotatable bonds is 2. The number of carbonyl (C=O) groups excluding carboxylic acids is 1. The number of phenolic OH excluding ortho intramolecular Hbond substituents is 1. The number of aliphatic imine (C=N–C) groups is 1. The van der Waals surface area contributed by atoms with E-state index in [0.29, 0.717) is 5.56 Å². The number of aromatic hydroxyl groups is 1. The number of nitrogens with zero attached hydrogens (tertiary/aromatic N) is 1. The molecule has 0 aliphatic heterocycles. The Morgan fingerprint density at radius 2 is 2.21 bits per heavy atom. The van der Waals surface area contributed by atoms with Gasteiger partial charge in [-0.3, -0.25) is 0 Å². The highest BCUT2D eigenvalue weighted by molar-refractivity contribution is 6.32. The van der Waals surface area contributed by atoms with Gasteiger partial charge in [0.05, 0.1) is 5.02 Å². The van der Waals surface area contributed by atoms with Gasteiger partial charge in [0.1, 0.15) is 11.3 Å². The summed E-state index contributed by atoms with van der Waals surface area (Å²) in [6.45, 7) is 0. The number of hydrogen-bond acceptors (Lipinski definition) is 3. The van der Waals surface area contributed by atoms with Gasteiger partial charge in [-0.15, -0.1) is 0 Å². The molecule has 0 bridgehead atoms. The van der Waals surface area contributed by atoms with Gasteiger partial charge in [-0.05, 0) is 18.9 Å². The molecule has 1 aliphatic carbocycles. The van der Waals surface area contributed by atoms with Crippen LogP contribution in [0.4, 0.5) is 0 Å². The Morgan fingerprint density at radius 1 is 1.50 bits per heavy atom. The van der Waals surface area contributed by atoms with E-state index in [0.717, 1.165) is 12.8 Å². The maximum atomic E-state index is 10.2. The minimum absolute atomic E-state index is 0.0191. The number of halogens is 1. The Bertz CT molecular complexity index is 420. The molecule has 1 fully saturated rings. The van der Waals surface area contributed by atoms with Crippen LogP contribution in [0, 0.1) is 0 Å². The molecule has 72 valence electrons. The van der Waals surface area contributed by atoms with Crippen molar-refractivity contribution in [3.8, 4) is 5.75 Å². The van der Waals surface area contributed by atoms with Crippen molar-refractivity contribution in [1.29, 1.82) is 0 Å². The van der Waals surface area contributed by atoms with Crippen LogP contribution in [-0.4, -0.2) is 11.2 Å². The Balaban J connectivity index is 2.52. The van der Waals surface area contributed by atoms with E-state index >= 15 is 0 Å². The van der Waals surface area contributed by atoms with Crippen LogP contribution in [-0.2, 0) is 10.3 Å². The zero-order chi connectivity index (χ0) is 10.2. The lowest BCUT2D eigenvalue weighted by molar-refractivity contribution is 0.459. The zero-order valence-electron chi connectivity index (χ0n) is 7.33. The summed E-state index contributed by atoms with van der Waals surface area (Å²) in [5.74, 6) is 0.0191. The van der Waals surface area contributed by atoms with Crippen molar-refractivity contribution in [2.24, 2.45) is 4.99 Å². The monoisotopic (exact) mass is 209 g/mol. The Kier molecular flexibility index (Phi) is 2.06. The molecule has 1 aliphatic rings. The molecule has 0 saturated heterocycles. The highest BCUT2D eigenvalue weighted by Crippen LogP contribution is 2.53. The van der Waals surface area contributed by atoms with Crippen molar-refractivity contribution >= 4 is 17.7 Å². The maximum Gasteiger partial charge on any atom is 0.235 e. The molecular weight excluding hydrogens is 202 g/mol. The molecule has 0 aromatic heterocycles. The molecule has 1 aromatic carbocycles. The van der Waals surface area contributed by atoms with Gasteiger partial charge in [0.2, 0.25) is 6.08 Å². The first-order chi connectivity index (χ1) is 6.69. The smallest absolute Gasteiger partial charge is 0.235 e. The molecule has 3 nitrogen and oxygen atoms in total. The number of isocyanates is 1. The fraction of sp³-hybridized carbons (Fsp3) is 0.300. The molecule has 1 aromatic rings. The van der Waals surface area contributed by atoms with Crippen LogP contribution >= 0.6 is 11.6 Å². The summed E-state index contributed by atoms with van der Waals surface area (Å²) >= 11 is 5.76. The molecule has 0 heterocycles. The predicted molar refractivity (Wildman–Crippen MR) is 52.2 cm³/mol. The van der Waals surface area contributed by atoms with Gasteiger partial charge in [-0.1, -0.05) is 23.7 Å². The van der Waals surface area contributed by atoms with Crippen molar-refractivity contribution in [2.75, 3.05) is 0 Å². The summed E-state index contributed by atoms with van der Waals surface area (Å²) < 4.78 is 0.